The molecule has 0 bridgehead atoms. The molecule has 0 aliphatic heterocycles. The number of unbranched alkanes of at least 4 members (excludes halogenated alkanes) is 21. The average molecular weight is 543 g/mol. The van der Waals surface area contributed by atoms with E-state index >= 15 is 0 Å². The Hall–Kier alpha value is -1.66. The second kappa shape index (κ2) is 35.3. The zero-order valence-corrected chi connectivity index (χ0v) is 25.0. The van der Waals surface area contributed by atoms with Gasteiger partial charge in [0.2, 0.25) is 0 Å². The van der Waals surface area contributed by atoms with Crippen LogP contribution in [0.2, 0.25) is 0 Å². The quantitative estimate of drug-likeness (QED) is 0.0676. The Kier molecular flexibility index (Phi) is 38.0. The van der Waals surface area contributed by atoms with E-state index in [1.54, 1.807) is 0 Å². The van der Waals surface area contributed by atoms with Gasteiger partial charge in [0, 0.05) is 24.4 Å². The van der Waals surface area contributed by atoms with Crippen LogP contribution in [0.1, 0.15) is 155 Å². The van der Waals surface area contributed by atoms with E-state index in [1.165, 1.54) is 142 Å². The van der Waals surface area contributed by atoms with Crippen LogP contribution in [0, 0.1) is 0 Å². The van der Waals surface area contributed by atoms with Crippen molar-refractivity contribution in [3.63, 3.8) is 0 Å². The molecule has 6 nitrogen and oxygen atoms in total. The van der Waals surface area contributed by atoms with E-state index in [9.17, 15) is 9.59 Å². The Bertz CT molecular complexity index is 472. The van der Waals surface area contributed by atoms with E-state index in [-0.39, 0.29) is 11.1 Å². The molecule has 0 heterocycles. The van der Waals surface area contributed by atoms with E-state index in [2.05, 4.69) is 13.2 Å². The number of hydrogen-bond acceptors (Lipinski definition) is 4. The molecule has 0 fully saturated rings. The minimum absolute atomic E-state index is 0.176. The van der Waals surface area contributed by atoms with Crippen molar-refractivity contribution in [3.8, 4) is 0 Å². The highest BCUT2D eigenvalue weighted by Gasteiger charge is 1.96. The summed E-state index contributed by atoms with van der Waals surface area (Å²) in [7, 11) is 0. The van der Waals surface area contributed by atoms with Crippen molar-refractivity contribution in [2.24, 2.45) is 0 Å². The van der Waals surface area contributed by atoms with Gasteiger partial charge in [-0.2, -0.15) is 0 Å². The van der Waals surface area contributed by atoms with Gasteiger partial charge in [-0.3, -0.25) is 0 Å². The maximum Gasteiger partial charge on any atom is 0.330 e. The van der Waals surface area contributed by atoms with Crippen molar-refractivity contribution < 1.29 is 30.0 Å². The molecule has 0 unspecified atom stereocenters. The Morgan fingerprint density at radius 2 is 0.500 bits per heavy atom. The molecule has 0 atom stereocenters. The van der Waals surface area contributed by atoms with Crippen molar-refractivity contribution in [1.82, 2.24) is 0 Å². The van der Waals surface area contributed by atoms with E-state index < -0.39 is 11.9 Å². The van der Waals surface area contributed by atoms with E-state index in [0.717, 1.165) is 12.8 Å². The first-order chi connectivity index (χ1) is 18.2. The summed E-state index contributed by atoms with van der Waals surface area (Å²) >= 11 is 0. The third kappa shape index (κ3) is 44.3. The highest BCUT2D eigenvalue weighted by Crippen LogP contribution is 2.15. The first-order valence-electron chi connectivity index (χ1n) is 15.2. The number of aliphatic hydroxyl groups is 2. The highest BCUT2D eigenvalue weighted by molar-refractivity contribution is 5.85. The zero-order chi connectivity index (χ0) is 29.3. The molecule has 226 valence electrons. The summed E-state index contributed by atoms with van der Waals surface area (Å²) in [6, 6.07) is 0. The van der Waals surface area contributed by atoms with Gasteiger partial charge < -0.3 is 20.4 Å². The minimum Gasteiger partial charge on any atom is -0.478 e. The summed E-state index contributed by atoms with van der Waals surface area (Å²) in [4.78, 5) is 19.2. The Morgan fingerprint density at radius 3 is 0.579 bits per heavy atom. The molecular formula is C32H62O6. The van der Waals surface area contributed by atoms with Crippen molar-refractivity contribution >= 4 is 11.9 Å². The van der Waals surface area contributed by atoms with Crippen molar-refractivity contribution in [2.45, 2.75) is 155 Å². The van der Waals surface area contributed by atoms with Gasteiger partial charge in [-0.25, -0.2) is 9.59 Å². The second-order valence-electron chi connectivity index (χ2n) is 10.4. The van der Waals surface area contributed by atoms with Crippen molar-refractivity contribution in [3.05, 3.63) is 24.3 Å². The normalized spacial score (nSPS) is 10.1. The van der Waals surface area contributed by atoms with Crippen LogP contribution in [0.25, 0.3) is 0 Å². The van der Waals surface area contributed by atoms with Crippen LogP contribution >= 0.6 is 0 Å². The first kappa shape index (κ1) is 40.8. The number of hydrogen-bond donors (Lipinski definition) is 4. The number of rotatable bonds is 25. The average Bonchev–Trinajstić information content (AvgIpc) is 2.87. The number of carboxylic acids is 2. The predicted molar refractivity (Wildman–Crippen MR) is 161 cm³/mol. The van der Waals surface area contributed by atoms with E-state index in [4.69, 9.17) is 20.4 Å². The molecule has 0 aliphatic rings. The molecule has 0 aliphatic carbocycles. The van der Waals surface area contributed by atoms with E-state index in [1.807, 2.05) is 0 Å². The summed E-state index contributed by atoms with van der Waals surface area (Å²) in [5, 5.41) is 33.2. The van der Waals surface area contributed by atoms with Crippen molar-refractivity contribution in [2.75, 3.05) is 13.2 Å². The maximum absolute atomic E-state index is 9.60. The lowest BCUT2D eigenvalue weighted by molar-refractivity contribution is -0.133. The fourth-order valence-electron chi connectivity index (χ4n) is 3.76. The smallest absolute Gasteiger partial charge is 0.330 e. The largest absolute Gasteiger partial charge is 0.478 e. The summed E-state index contributed by atoms with van der Waals surface area (Å²) in [5.74, 6) is -1.87. The van der Waals surface area contributed by atoms with Crippen LogP contribution in [0.15, 0.2) is 24.3 Å². The maximum atomic E-state index is 9.60. The van der Waals surface area contributed by atoms with E-state index in [0.29, 0.717) is 13.2 Å². The summed E-state index contributed by atoms with van der Waals surface area (Å²) in [6.45, 7) is 9.94. The lowest BCUT2D eigenvalue weighted by Crippen LogP contribution is -1.92. The predicted octanol–water partition coefficient (Wildman–Crippen LogP) is 8.85. The molecule has 0 saturated carbocycles. The third-order valence-corrected chi connectivity index (χ3v) is 6.30. The molecule has 0 aromatic rings. The molecule has 0 spiro atoms. The molecule has 0 aromatic carbocycles. The summed E-state index contributed by atoms with van der Waals surface area (Å²) in [6.07, 6.45) is 29.8. The topological polar surface area (TPSA) is 115 Å². The number of carboxylic acid groups (broad SMARTS) is 2. The van der Waals surface area contributed by atoms with Crippen LogP contribution in [0.4, 0.5) is 0 Å². The molecule has 0 rings (SSSR count). The number of aliphatic carboxylic acids is 2. The lowest BCUT2D eigenvalue weighted by atomic mass is 10.0. The van der Waals surface area contributed by atoms with Crippen LogP contribution < -0.4 is 0 Å². The lowest BCUT2D eigenvalue weighted by Gasteiger charge is -2.04. The molecule has 4 N–H and O–H groups in total. The summed E-state index contributed by atoms with van der Waals surface area (Å²) < 4.78 is 0. The van der Waals surface area contributed by atoms with Gasteiger partial charge >= 0.3 is 11.9 Å². The minimum atomic E-state index is -0.935. The first-order valence-corrected chi connectivity index (χ1v) is 15.2. The molecule has 38 heavy (non-hydrogen) atoms. The van der Waals surface area contributed by atoms with Crippen LogP contribution in [-0.2, 0) is 9.59 Å². The molecule has 0 saturated heterocycles. The highest BCUT2D eigenvalue weighted by atomic mass is 16.4. The van der Waals surface area contributed by atoms with Gasteiger partial charge in [0.15, 0.2) is 0 Å². The van der Waals surface area contributed by atoms with Gasteiger partial charge in [0.25, 0.3) is 0 Å². The van der Waals surface area contributed by atoms with Gasteiger partial charge in [0.1, 0.15) is 0 Å². The number of aliphatic hydroxyl groups excluding tert-OH is 2. The van der Waals surface area contributed by atoms with Gasteiger partial charge in [-0.05, 0) is 26.7 Å². The molecule has 0 radical (unpaired) electrons. The van der Waals surface area contributed by atoms with Gasteiger partial charge in [0.05, 0.1) is 0 Å². The van der Waals surface area contributed by atoms with Crippen molar-refractivity contribution in [1.29, 1.82) is 0 Å². The Balaban J connectivity index is -0.000000839. The summed E-state index contributed by atoms with van der Waals surface area (Å²) in [5.41, 5.74) is 0.352. The fourth-order valence-corrected chi connectivity index (χ4v) is 3.76. The Morgan fingerprint density at radius 1 is 0.395 bits per heavy atom. The van der Waals surface area contributed by atoms with Crippen LogP contribution in [0.3, 0.4) is 0 Å². The fraction of sp³-hybridized carbons (Fsp3) is 0.812. The van der Waals surface area contributed by atoms with Crippen LogP contribution in [0.5, 0.6) is 0 Å². The third-order valence-electron chi connectivity index (χ3n) is 6.30. The molecule has 0 amide bonds. The zero-order valence-electron chi connectivity index (χ0n) is 25.0. The molecule has 6 heteroatoms. The SMILES string of the molecule is C=C(C)C(=O)O.C=C(C)C(=O)O.OCCCCCCCCCCCCCCCCCCCCCCCCO. The van der Waals surface area contributed by atoms with Crippen LogP contribution in [-0.4, -0.2) is 45.6 Å². The second-order valence-corrected chi connectivity index (χ2v) is 10.4. The van der Waals surface area contributed by atoms with Gasteiger partial charge in [-0.1, -0.05) is 142 Å². The molecule has 0 aromatic heterocycles. The monoisotopic (exact) mass is 542 g/mol. The Labute approximate surface area is 234 Å². The molecular weight excluding hydrogens is 480 g/mol. The number of carbonyl (C=O) groups is 2. The standard InChI is InChI=1S/C24H50O2.2C4H6O2/c25-23-21-19-17-15-13-11-9-7-5-3-1-2-4-6-8-10-12-14-16-18-20-22-24-26;2*1-3(2)4(5)6/h25-26H,1-24H2;2*1H2,2H3,(H,5,6). The van der Waals surface area contributed by atoms with Gasteiger partial charge in [-0.15, -0.1) is 0 Å².